The maximum Gasteiger partial charge on any atom is 0.341 e. The molecule has 27 heavy (non-hydrogen) atoms. The van der Waals surface area contributed by atoms with Gasteiger partial charge in [0.2, 0.25) is 0 Å². The standard InChI is InChI=1S/C22H26N2O3/c1-12(2)18-10-23-19-7-6-16(24-22(18)19)9-17-13(3)8-20(15(5)14(17)4)27-11-21(25)26/h6-8,10,12,23H,9,11H2,1-5H3,(H,25,26). The lowest BCUT2D eigenvalue weighted by molar-refractivity contribution is -0.139. The van der Waals surface area contributed by atoms with Crippen molar-refractivity contribution < 1.29 is 14.6 Å². The topological polar surface area (TPSA) is 75.2 Å². The summed E-state index contributed by atoms with van der Waals surface area (Å²) < 4.78 is 5.44. The van der Waals surface area contributed by atoms with Crippen molar-refractivity contribution >= 4 is 17.0 Å². The number of benzene rings is 1. The van der Waals surface area contributed by atoms with Gasteiger partial charge in [-0.05, 0) is 72.7 Å². The number of hydrogen-bond donors (Lipinski definition) is 2. The van der Waals surface area contributed by atoms with E-state index in [1.165, 1.54) is 11.1 Å². The molecule has 0 aliphatic rings. The van der Waals surface area contributed by atoms with E-state index in [4.69, 9.17) is 14.8 Å². The minimum atomic E-state index is -0.973. The Labute approximate surface area is 159 Å². The van der Waals surface area contributed by atoms with Crippen LogP contribution in [0.4, 0.5) is 0 Å². The molecular formula is C22H26N2O3. The molecule has 5 nitrogen and oxygen atoms in total. The van der Waals surface area contributed by atoms with Crippen LogP contribution in [0.15, 0.2) is 24.4 Å². The normalized spacial score (nSPS) is 11.3. The van der Waals surface area contributed by atoms with Gasteiger partial charge in [0.15, 0.2) is 6.61 Å². The Morgan fingerprint density at radius 2 is 1.96 bits per heavy atom. The second-order valence-electron chi connectivity index (χ2n) is 7.38. The molecule has 0 aliphatic heterocycles. The van der Waals surface area contributed by atoms with E-state index < -0.39 is 5.97 Å². The molecule has 1 aromatic carbocycles. The molecule has 0 amide bonds. The Hall–Kier alpha value is -2.82. The largest absolute Gasteiger partial charge is 0.482 e. The van der Waals surface area contributed by atoms with Crippen LogP contribution in [0.3, 0.4) is 0 Å². The highest BCUT2D eigenvalue weighted by atomic mass is 16.5. The third kappa shape index (κ3) is 3.82. The van der Waals surface area contributed by atoms with Gasteiger partial charge in [-0.15, -0.1) is 0 Å². The summed E-state index contributed by atoms with van der Waals surface area (Å²) in [5, 5.41) is 8.85. The SMILES string of the molecule is Cc1cc(OCC(=O)O)c(C)c(C)c1Cc1ccc2[nH]cc(C(C)C)c2n1. The predicted molar refractivity (Wildman–Crippen MR) is 107 cm³/mol. The Kier molecular flexibility index (Phi) is 5.22. The Morgan fingerprint density at radius 1 is 1.22 bits per heavy atom. The van der Waals surface area contributed by atoms with Crippen LogP contribution in [0.2, 0.25) is 0 Å². The highest BCUT2D eigenvalue weighted by Gasteiger charge is 2.15. The van der Waals surface area contributed by atoms with Crippen LogP contribution < -0.4 is 4.74 Å². The number of pyridine rings is 1. The summed E-state index contributed by atoms with van der Waals surface area (Å²) in [6.45, 7) is 10.1. The molecular weight excluding hydrogens is 340 g/mol. The van der Waals surface area contributed by atoms with E-state index in [0.29, 0.717) is 11.7 Å². The van der Waals surface area contributed by atoms with Crippen LogP contribution >= 0.6 is 0 Å². The zero-order valence-corrected chi connectivity index (χ0v) is 16.5. The number of aryl methyl sites for hydroxylation is 1. The maximum atomic E-state index is 10.8. The van der Waals surface area contributed by atoms with Crippen molar-refractivity contribution in [1.29, 1.82) is 0 Å². The average molecular weight is 366 g/mol. The first-order chi connectivity index (χ1) is 12.8. The third-order valence-corrected chi connectivity index (χ3v) is 5.15. The fourth-order valence-corrected chi connectivity index (χ4v) is 3.44. The number of nitrogens with zero attached hydrogens (tertiary/aromatic N) is 1. The molecule has 2 N–H and O–H groups in total. The maximum absolute atomic E-state index is 10.8. The number of aromatic nitrogens is 2. The number of carboxylic acids is 1. The molecule has 0 saturated heterocycles. The third-order valence-electron chi connectivity index (χ3n) is 5.15. The van der Waals surface area contributed by atoms with Crippen LogP contribution in [0, 0.1) is 20.8 Å². The number of aromatic amines is 1. The highest BCUT2D eigenvalue weighted by molar-refractivity contribution is 5.79. The Balaban J connectivity index is 1.95. The summed E-state index contributed by atoms with van der Waals surface area (Å²) in [6, 6.07) is 6.08. The molecule has 0 saturated carbocycles. The van der Waals surface area contributed by atoms with Gasteiger partial charge in [0, 0.05) is 18.3 Å². The van der Waals surface area contributed by atoms with Crippen LogP contribution in [0.1, 0.15) is 53.3 Å². The number of hydrogen-bond acceptors (Lipinski definition) is 3. The number of carbonyl (C=O) groups is 1. The summed E-state index contributed by atoms with van der Waals surface area (Å²) in [6.07, 6.45) is 2.78. The van der Waals surface area contributed by atoms with Crippen molar-refractivity contribution in [3.63, 3.8) is 0 Å². The first kappa shape index (κ1) is 19.0. The van der Waals surface area contributed by atoms with Gasteiger partial charge < -0.3 is 14.8 Å². The molecule has 0 atom stereocenters. The molecule has 2 heterocycles. The summed E-state index contributed by atoms with van der Waals surface area (Å²) in [7, 11) is 0. The molecule has 142 valence electrons. The fourth-order valence-electron chi connectivity index (χ4n) is 3.44. The zero-order valence-electron chi connectivity index (χ0n) is 16.5. The molecule has 0 aliphatic carbocycles. The van der Waals surface area contributed by atoms with E-state index in [2.05, 4.69) is 37.9 Å². The van der Waals surface area contributed by atoms with Crippen molar-refractivity contribution in [2.24, 2.45) is 0 Å². The molecule has 3 aromatic rings. The molecule has 5 heteroatoms. The summed E-state index contributed by atoms with van der Waals surface area (Å²) in [5.41, 5.74) is 8.74. The fraction of sp³-hybridized carbons (Fsp3) is 0.364. The number of rotatable bonds is 6. The highest BCUT2D eigenvalue weighted by Crippen LogP contribution is 2.30. The number of aliphatic carboxylic acids is 1. The minimum Gasteiger partial charge on any atom is -0.482 e. The van der Waals surface area contributed by atoms with Crippen molar-refractivity contribution in [3.8, 4) is 5.75 Å². The van der Waals surface area contributed by atoms with Gasteiger partial charge in [-0.3, -0.25) is 4.98 Å². The Bertz CT molecular complexity index is 1000. The number of fused-ring (bicyclic) bond motifs is 1. The van der Waals surface area contributed by atoms with E-state index in [1.807, 2.05) is 26.1 Å². The molecule has 2 aromatic heterocycles. The van der Waals surface area contributed by atoms with E-state index in [0.717, 1.165) is 39.8 Å². The van der Waals surface area contributed by atoms with Gasteiger partial charge in [-0.2, -0.15) is 0 Å². The van der Waals surface area contributed by atoms with E-state index in [9.17, 15) is 4.79 Å². The molecule has 0 fully saturated rings. The smallest absolute Gasteiger partial charge is 0.341 e. The van der Waals surface area contributed by atoms with Crippen molar-refractivity contribution in [3.05, 3.63) is 57.9 Å². The van der Waals surface area contributed by atoms with Gasteiger partial charge in [0.05, 0.1) is 11.0 Å². The number of ether oxygens (including phenoxy) is 1. The lowest BCUT2D eigenvalue weighted by atomic mass is 9.94. The molecule has 0 unspecified atom stereocenters. The predicted octanol–water partition coefficient (Wildman–Crippen LogP) is 4.67. The lowest BCUT2D eigenvalue weighted by Crippen LogP contribution is -2.11. The average Bonchev–Trinajstić information content (AvgIpc) is 3.04. The van der Waals surface area contributed by atoms with Gasteiger partial charge >= 0.3 is 5.97 Å². The monoisotopic (exact) mass is 366 g/mol. The van der Waals surface area contributed by atoms with E-state index >= 15 is 0 Å². The number of H-pyrrole nitrogens is 1. The van der Waals surface area contributed by atoms with Crippen LogP contribution in [-0.2, 0) is 11.2 Å². The second kappa shape index (κ2) is 7.43. The Morgan fingerprint density at radius 3 is 2.63 bits per heavy atom. The number of nitrogens with one attached hydrogen (secondary N) is 1. The minimum absolute atomic E-state index is 0.331. The molecule has 3 rings (SSSR count). The van der Waals surface area contributed by atoms with Gasteiger partial charge in [0.25, 0.3) is 0 Å². The van der Waals surface area contributed by atoms with Gasteiger partial charge in [0.1, 0.15) is 5.75 Å². The van der Waals surface area contributed by atoms with E-state index in [1.54, 1.807) is 0 Å². The van der Waals surface area contributed by atoms with Gasteiger partial charge in [-0.25, -0.2) is 4.79 Å². The van der Waals surface area contributed by atoms with Crippen LogP contribution in [-0.4, -0.2) is 27.7 Å². The number of carboxylic acid groups (broad SMARTS) is 1. The van der Waals surface area contributed by atoms with Crippen molar-refractivity contribution in [1.82, 2.24) is 9.97 Å². The zero-order chi connectivity index (χ0) is 19.7. The summed E-state index contributed by atoms with van der Waals surface area (Å²) >= 11 is 0. The van der Waals surface area contributed by atoms with Crippen molar-refractivity contribution in [2.75, 3.05) is 6.61 Å². The summed E-state index contributed by atoms with van der Waals surface area (Å²) in [5.74, 6) is 0.0731. The van der Waals surface area contributed by atoms with Crippen LogP contribution in [0.5, 0.6) is 5.75 Å². The molecule has 0 spiro atoms. The molecule has 0 bridgehead atoms. The first-order valence-electron chi connectivity index (χ1n) is 9.19. The van der Waals surface area contributed by atoms with Crippen LogP contribution in [0.25, 0.3) is 11.0 Å². The summed E-state index contributed by atoms with van der Waals surface area (Å²) in [4.78, 5) is 19.0. The van der Waals surface area contributed by atoms with E-state index in [-0.39, 0.29) is 6.61 Å². The lowest BCUT2D eigenvalue weighted by Gasteiger charge is -2.17. The molecule has 0 radical (unpaired) electrons. The van der Waals surface area contributed by atoms with Crippen molar-refractivity contribution in [2.45, 2.75) is 47.0 Å². The second-order valence-corrected chi connectivity index (χ2v) is 7.38. The first-order valence-corrected chi connectivity index (χ1v) is 9.19. The quantitative estimate of drug-likeness (QED) is 0.665. The van der Waals surface area contributed by atoms with Gasteiger partial charge in [-0.1, -0.05) is 13.8 Å².